The highest BCUT2D eigenvalue weighted by Crippen LogP contribution is 2.25. The zero-order valence-corrected chi connectivity index (χ0v) is 11.1. The summed E-state index contributed by atoms with van der Waals surface area (Å²) in [5.74, 6) is -1.81. The van der Waals surface area contributed by atoms with E-state index in [0.29, 0.717) is 5.56 Å². The van der Waals surface area contributed by atoms with Gasteiger partial charge in [0.05, 0.1) is 13.0 Å². The molecule has 1 aromatic heterocycles. The van der Waals surface area contributed by atoms with Crippen molar-refractivity contribution in [2.45, 2.75) is 25.1 Å². The Balaban J connectivity index is 3.13. The molecule has 0 atom stereocenters. The van der Waals surface area contributed by atoms with Crippen molar-refractivity contribution in [1.29, 1.82) is 0 Å². The van der Waals surface area contributed by atoms with Crippen LogP contribution in [0.1, 0.15) is 30.2 Å². The molecule has 3 nitrogen and oxygen atoms in total. The summed E-state index contributed by atoms with van der Waals surface area (Å²) in [6.45, 7) is 1.76. The molecule has 1 heterocycles. The SMILES string of the molecule is CCOC(=O)Cc1c(CBr)cnc(C(F)F)c1F. The normalized spacial score (nSPS) is 10.8. The molecule has 1 aromatic rings. The number of rotatable bonds is 5. The Morgan fingerprint density at radius 2 is 2.22 bits per heavy atom. The summed E-state index contributed by atoms with van der Waals surface area (Å²) in [7, 11) is 0. The first-order valence-electron chi connectivity index (χ1n) is 5.17. The van der Waals surface area contributed by atoms with Gasteiger partial charge in [0.25, 0.3) is 6.43 Å². The third-order valence-electron chi connectivity index (χ3n) is 2.21. The highest BCUT2D eigenvalue weighted by molar-refractivity contribution is 9.08. The van der Waals surface area contributed by atoms with E-state index in [1.54, 1.807) is 6.92 Å². The van der Waals surface area contributed by atoms with Crippen LogP contribution in [0.3, 0.4) is 0 Å². The van der Waals surface area contributed by atoms with Crippen LogP contribution < -0.4 is 0 Å². The van der Waals surface area contributed by atoms with Gasteiger partial charge in [0, 0.05) is 17.1 Å². The number of pyridine rings is 1. The van der Waals surface area contributed by atoms with Gasteiger partial charge in [0.2, 0.25) is 0 Å². The van der Waals surface area contributed by atoms with Gasteiger partial charge in [-0.15, -0.1) is 0 Å². The van der Waals surface area contributed by atoms with Crippen LogP contribution in [0.15, 0.2) is 6.20 Å². The van der Waals surface area contributed by atoms with Gasteiger partial charge in [-0.25, -0.2) is 13.2 Å². The maximum atomic E-state index is 13.8. The fourth-order valence-corrected chi connectivity index (χ4v) is 1.88. The molecular weight excluding hydrogens is 315 g/mol. The van der Waals surface area contributed by atoms with Crippen molar-refractivity contribution in [2.75, 3.05) is 6.61 Å². The van der Waals surface area contributed by atoms with Crippen LogP contribution in [-0.2, 0) is 21.3 Å². The highest BCUT2D eigenvalue weighted by Gasteiger charge is 2.22. The first-order chi connectivity index (χ1) is 8.51. The molecule has 0 fully saturated rings. The molecule has 0 spiro atoms. The second-order valence-corrected chi connectivity index (χ2v) is 3.94. The van der Waals surface area contributed by atoms with E-state index in [9.17, 15) is 18.0 Å². The molecule has 0 aliphatic rings. The largest absolute Gasteiger partial charge is 0.466 e. The van der Waals surface area contributed by atoms with E-state index in [-0.39, 0.29) is 23.9 Å². The molecule has 0 saturated carbocycles. The number of ether oxygens (including phenoxy) is 1. The summed E-state index contributed by atoms with van der Waals surface area (Å²) in [6.07, 6.45) is -2.27. The average molecular weight is 326 g/mol. The van der Waals surface area contributed by atoms with Crippen molar-refractivity contribution in [3.63, 3.8) is 0 Å². The Kier molecular flexibility index (Phi) is 5.58. The molecule has 18 heavy (non-hydrogen) atoms. The van der Waals surface area contributed by atoms with Crippen molar-refractivity contribution in [2.24, 2.45) is 0 Å². The standard InChI is InChI=1S/C11H11BrF3NO2/c1-2-18-8(17)3-7-6(4-12)5-16-10(9(7)13)11(14)15/h5,11H,2-4H2,1H3. The van der Waals surface area contributed by atoms with Gasteiger partial charge in [-0.1, -0.05) is 15.9 Å². The van der Waals surface area contributed by atoms with E-state index < -0.39 is 23.9 Å². The number of hydrogen-bond acceptors (Lipinski definition) is 3. The maximum Gasteiger partial charge on any atom is 0.310 e. The Hall–Kier alpha value is -1.11. The van der Waals surface area contributed by atoms with Crippen molar-refractivity contribution in [1.82, 2.24) is 4.98 Å². The lowest BCUT2D eigenvalue weighted by Crippen LogP contribution is -2.13. The van der Waals surface area contributed by atoms with Crippen LogP contribution in [0, 0.1) is 5.82 Å². The zero-order chi connectivity index (χ0) is 13.7. The monoisotopic (exact) mass is 325 g/mol. The predicted octanol–water partition coefficient (Wildman–Crippen LogP) is 3.16. The summed E-state index contributed by atoms with van der Waals surface area (Å²) >= 11 is 3.09. The molecule has 0 aliphatic carbocycles. The minimum absolute atomic E-state index is 0.101. The molecule has 0 bridgehead atoms. The first-order valence-corrected chi connectivity index (χ1v) is 6.29. The average Bonchev–Trinajstić information content (AvgIpc) is 2.31. The Labute approximate surface area is 110 Å². The second-order valence-electron chi connectivity index (χ2n) is 3.38. The third-order valence-corrected chi connectivity index (χ3v) is 2.82. The van der Waals surface area contributed by atoms with E-state index in [1.165, 1.54) is 0 Å². The Morgan fingerprint density at radius 3 is 2.72 bits per heavy atom. The molecule has 0 unspecified atom stereocenters. The van der Waals surface area contributed by atoms with Gasteiger partial charge in [-0.05, 0) is 12.5 Å². The third kappa shape index (κ3) is 3.44. The number of aromatic nitrogens is 1. The van der Waals surface area contributed by atoms with E-state index >= 15 is 0 Å². The topological polar surface area (TPSA) is 39.2 Å². The van der Waals surface area contributed by atoms with Crippen molar-refractivity contribution >= 4 is 21.9 Å². The molecule has 7 heteroatoms. The summed E-state index contributed by atoms with van der Waals surface area (Å²) in [6, 6.07) is 0. The lowest BCUT2D eigenvalue weighted by Gasteiger charge is -2.11. The summed E-state index contributed by atoms with van der Waals surface area (Å²) in [4.78, 5) is 14.7. The molecule has 0 radical (unpaired) electrons. The van der Waals surface area contributed by atoms with Crippen LogP contribution in [0.2, 0.25) is 0 Å². The van der Waals surface area contributed by atoms with E-state index in [2.05, 4.69) is 25.7 Å². The first kappa shape index (κ1) is 14.9. The fourth-order valence-electron chi connectivity index (χ4n) is 1.39. The molecule has 0 N–H and O–H groups in total. The molecule has 1 rings (SSSR count). The number of hydrogen-bond donors (Lipinski definition) is 0. The van der Waals surface area contributed by atoms with Crippen LogP contribution in [0.25, 0.3) is 0 Å². The van der Waals surface area contributed by atoms with Gasteiger partial charge in [0.15, 0.2) is 5.82 Å². The highest BCUT2D eigenvalue weighted by atomic mass is 79.9. The van der Waals surface area contributed by atoms with E-state index in [0.717, 1.165) is 6.20 Å². The lowest BCUT2D eigenvalue weighted by atomic mass is 10.1. The number of carbonyl (C=O) groups excluding carboxylic acids is 1. The number of carbonyl (C=O) groups is 1. The van der Waals surface area contributed by atoms with E-state index in [1.807, 2.05) is 0 Å². The quantitative estimate of drug-likeness (QED) is 0.616. The number of alkyl halides is 3. The van der Waals surface area contributed by atoms with Gasteiger partial charge < -0.3 is 4.74 Å². The van der Waals surface area contributed by atoms with Crippen molar-refractivity contribution < 1.29 is 22.7 Å². The van der Waals surface area contributed by atoms with Gasteiger partial charge in [-0.2, -0.15) is 0 Å². The van der Waals surface area contributed by atoms with Gasteiger partial charge in [-0.3, -0.25) is 9.78 Å². The maximum absolute atomic E-state index is 13.8. The van der Waals surface area contributed by atoms with Crippen molar-refractivity contribution in [3.8, 4) is 0 Å². The Bertz CT molecular complexity index is 441. The van der Waals surface area contributed by atoms with Crippen LogP contribution in [0.4, 0.5) is 13.2 Å². The molecule has 0 aromatic carbocycles. The van der Waals surface area contributed by atoms with Gasteiger partial charge in [0.1, 0.15) is 5.69 Å². The minimum atomic E-state index is -3.02. The zero-order valence-electron chi connectivity index (χ0n) is 9.55. The summed E-state index contributed by atoms with van der Waals surface area (Å²) < 4.78 is 43.5. The van der Waals surface area contributed by atoms with Crippen LogP contribution in [-0.4, -0.2) is 17.6 Å². The Morgan fingerprint density at radius 1 is 1.56 bits per heavy atom. The number of esters is 1. The molecule has 0 saturated heterocycles. The van der Waals surface area contributed by atoms with Gasteiger partial charge >= 0.3 is 5.97 Å². The molecule has 100 valence electrons. The van der Waals surface area contributed by atoms with Crippen molar-refractivity contribution in [3.05, 3.63) is 28.8 Å². The van der Waals surface area contributed by atoms with Crippen LogP contribution in [0.5, 0.6) is 0 Å². The molecule has 0 amide bonds. The summed E-state index contributed by atoms with van der Waals surface area (Å²) in [5, 5.41) is 0.217. The fraction of sp³-hybridized carbons (Fsp3) is 0.455. The number of halogens is 4. The second kappa shape index (κ2) is 6.72. The van der Waals surface area contributed by atoms with Crippen LogP contribution >= 0.6 is 15.9 Å². The molecular formula is C11H11BrF3NO2. The minimum Gasteiger partial charge on any atom is -0.466 e. The summed E-state index contributed by atoms with van der Waals surface area (Å²) in [5.41, 5.74) is -0.695. The van der Waals surface area contributed by atoms with E-state index in [4.69, 9.17) is 0 Å². The molecule has 0 aliphatic heterocycles. The lowest BCUT2D eigenvalue weighted by molar-refractivity contribution is -0.142. The number of nitrogens with zero attached hydrogens (tertiary/aromatic N) is 1. The predicted molar refractivity (Wildman–Crippen MR) is 62.1 cm³/mol. The smallest absolute Gasteiger partial charge is 0.310 e.